The van der Waals surface area contributed by atoms with Crippen LogP contribution in [0.15, 0.2) is 24.3 Å². The molecule has 0 saturated carbocycles. The van der Waals surface area contributed by atoms with E-state index in [2.05, 4.69) is 20.4 Å². The van der Waals surface area contributed by atoms with Gasteiger partial charge in [-0.2, -0.15) is 0 Å². The van der Waals surface area contributed by atoms with Gasteiger partial charge in [-0.15, -0.1) is 11.3 Å². The molecule has 0 amide bonds. The zero-order valence-electron chi connectivity index (χ0n) is 7.36. The molecule has 0 spiro atoms. The first-order valence-corrected chi connectivity index (χ1v) is 5.34. The third-order valence-electron chi connectivity index (χ3n) is 1.91. The van der Waals surface area contributed by atoms with E-state index in [-0.39, 0.29) is 0 Å². The normalized spacial score (nSPS) is 10.3. The molecule has 1 aromatic carbocycles. The number of hydrogen-bond acceptors (Lipinski definition) is 2. The van der Waals surface area contributed by atoms with Crippen LogP contribution in [0, 0.1) is 6.57 Å². The summed E-state index contributed by atoms with van der Waals surface area (Å²) in [6.45, 7) is 7.52. The molecule has 2 nitrogen and oxygen atoms in total. The number of hydrogen-bond donors (Lipinski definition) is 0. The Hall–Kier alpha value is -0.940. The van der Waals surface area contributed by atoms with Crippen LogP contribution in [0.1, 0.15) is 4.88 Å². The Bertz CT molecular complexity index is 500. The summed E-state index contributed by atoms with van der Waals surface area (Å²) in [6, 6.07) is 7.83. The first-order chi connectivity index (χ1) is 6.83. The average Bonchev–Trinajstić information content (AvgIpc) is 2.59. The summed E-state index contributed by atoms with van der Waals surface area (Å²) < 4.78 is 6.13. The smallest absolute Gasteiger partial charge is 0.188 e. The molecular formula is C10H8NOPS. The molecule has 0 aliphatic carbocycles. The molecule has 0 radical (unpaired) electrons. The molecule has 70 valence electrons. The third kappa shape index (κ3) is 1.78. The molecule has 1 unspecified atom stereocenters. The van der Waals surface area contributed by atoms with Crippen LogP contribution in [0.4, 0.5) is 5.69 Å². The van der Waals surface area contributed by atoms with Gasteiger partial charge in [-0.3, -0.25) is 0 Å². The van der Waals surface area contributed by atoms with Crippen molar-refractivity contribution in [2.75, 3.05) is 0 Å². The SMILES string of the molecule is [C-]#[N+]c1ccc2cc(COP)sc2c1. The van der Waals surface area contributed by atoms with Gasteiger partial charge >= 0.3 is 0 Å². The van der Waals surface area contributed by atoms with Crippen molar-refractivity contribution in [2.45, 2.75) is 6.61 Å². The lowest BCUT2D eigenvalue weighted by Gasteiger charge is -1.89. The number of benzene rings is 1. The number of fused-ring (bicyclic) bond motifs is 1. The predicted molar refractivity (Wildman–Crippen MR) is 62.6 cm³/mol. The van der Waals surface area contributed by atoms with Gasteiger partial charge in [0, 0.05) is 19.0 Å². The van der Waals surface area contributed by atoms with Crippen molar-refractivity contribution >= 4 is 36.6 Å². The summed E-state index contributed by atoms with van der Waals surface area (Å²) in [7, 11) is 2.24. The van der Waals surface area contributed by atoms with Gasteiger partial charge < -0.3 is 4.52 Å². The maximum Gasteiger partial charge on any atom is 0.188 e. The molecule has 1 atom stereocenters. The molecule has 14 heavy (non-hydrogen) atoms. The highest BCUT2D eigenvalue weighted by Gasteiger charge is 2.02. The summed E-state index contributed by atoms with van der Waals surface area (Å²) in [5.74, 6) is 0. The molecule has 4 heteroatoms. The van der Waals surface area contributed by atoms with Crippen LogP contribution >= 0.6 is 20.8 Å². The Morgan fingerprint density at radius 1 is 1.43 bits per heavy atom. The van der Waals surface area contributed by atoms with Gasteiger partial charge in [0.05, 0.1) is 13.2 Å². The van der Waals surface area contributed by atoms with Crippen molar-refractivity contribution in [3.05, 3.63) is 40.6 Å². The second-order valence-corrected chi connectivity index (χ2v) is 4.36. The maximum absolute atomic E-state index is 6.91. The lowest BCUT2D eigenvalue weighted by Crippen LogP contribution is -1.73. The predicted octanol–water partition coefficient (Wildman–Crippen LogP) is 3.76. The third-order valence-corrected chi connectivity index (χ3v) is 3.15. The van der Waals surface area contributed by atoms with E-state index in [1.807, 2.05) is 18.2 Å². The fourth-order valence-corrected chi connectivity index (χ4v) is 2.62. The van der Waals surface area contributed by atoms with Gasteiger partial charge in [-0.05, 0) is 17.5 Å². The Morgan fingerprint density at radius 2 is 2.29 bits per heavy atom. The molecular weight excluding hydrogens is 213 g/mol. The van der Waals surface area contributed by atoms with Crippen molar-refractivity contribution in [2.24, 2.45) is 0 Å². The van der Waals surface area contributed by atoms with E-state index in [4.69, 9.17) is 11.1 Å². The number of nitrogens with zero attached hydrogens (tertiary/aromatic N) is 1. The number of thiophene rings is 1. The van der Waals surface area contributed by atoms with E-state index in [1.165, 1.54) is 10.3 Å². The van der Waals surface area contributed by atoms with E-state index in [9.17, 15) is 0 Å². The zero-order chi connectivity index (χ0) is 9.97. The highest BCUT2D eigenvalue weighted by atomic mass is 32.1. The molecule has 0 aliphatic heterocycles. The van der Waals surface area contributed by atoms with Gasteiger partial charge in [0.2, 0.25) is 0 Å². The molecule has 0 bridgehead atoms. The second kappa shape index (κ2) is 4.06. The molecule has 0 saturated heterocycles. The van der Waals surface area contributed by atoms with Gasteiger partial charge in [0.15, 0.2) is 5.69 Å². The lowest BCUT2D eigenvalue weighted by atomic mass is 10.2. The van der Waals surface area contributed by atoms with Crippen LogP contribution in [0.3, 0.4) is 0 Å². The minimum Gasteiger partial charge on any atom is -0.360 e. The molecule has 0 N–H and O–H groups in total. The van der Waals surface area contributed by atoms with Crippen LogP contribution in [0.5, 0.6) is 0 Å². The first-order valence-electron chi connectivity index (χ1n) is 4.05. The molecule has 1 heterocycles. The summed E-state index contributed by atoms with van der Waals surface area (Å²) in [5, 5.41) is 1.18. The molecule has 2 aromatic rings. The van der Waals surface area contributed by atoms with Crippen LogP contribution in [-0.2, 0) is 11.1 Å². The number of rotatable bonds is 2. The average molecular weight is 221 g/mol. The Balaban J connectivity index is 2.50. The molecule has 0 fully saturated rings. The summed E-state index contributed by atoms with van der Waals surface area (Å²) in [5.41, 5.74) is 0.692. The summed E-state index contributed by atoms with van der Waals surface area (Å²) in [6.07, 6.45) is 0. The quantitative estimate of drug-likeness (QED) is 0.556. The van der Waals surface area contributed by atoms with Gasteiger partial charge in [-0.25, -0.2) is 4.85 Å². The van der Waals surface area contributed by atoms with Gasteiger partial charge in [0.1, 0.15) is 0 Å². The largest absolute Gasteiger partial charge is 0.360 e. The topological polar surface area (TPSA) is 13.6 Å². The highest BCUT2D eigenvalue weighted by Crippen LogP contribution is 2.29. The monoisotopic (exact) mass is 221 g/mol. The van der Waals surface area contributed by atoms with Crippen molar-refractivity contribution in [1.82, 2.24) is 0 Å². The Labute approximate surface area is 88.6 Å². The van der Waals surface area contributed by atoms with E-state index < -0.39 is 0 Å². The van der Waals surface area contributed by atoms with Crippen LogP contribution < -0.4 is 0 Å². The minimum atomic E-state index is 0.608. The highest BCUT2D eigenvalue weighted by molar-refractivity contribution is 7.19. The summed E-state index contributed by atoms with van der Waals surface area (Å²) >= 11 is 1.67. The van der Waals surface area contributed by atoms with Crippen LogP contribution in [0.25, 0.3) is 14.9 Å². The van der Waals surface area contributed by atoms with Crippen LogP contribution in [0.2, 0.25) is 0 Å². The van der Waals surface area contributed by atoms with Crippen molar-refractivity contribution in [3.63, 3.8) is 0 Å². The van der Waals surface area contributed by atoms with E-state index in [0.29, 0.717) is 12.3 Å². The van der Waals surface area contributed by atoms with E-state index >= 15 is 0 Å². The zero-order valence-corrected chi connectivity index (χ0v) is 9.33. The molecule has 1 aromatic heterocycles. The second-order valence-electron chi connectivity index (χ2n) is 2.86. The summed E-state index contributed by atoms with van der Waals surface area (Å²) in [4.78, 5) is 4.58. The van der Waals surface area contributed by atoms with Crippen molar-refractivity contribution in [3.8, 4) is 0 Å². The minimum absolute atomic E-state index is 0.608. The fourth-order valence-electron chi connectivity index (χ4n) is 1.30. The van der Waals surface area contributed by atoms with Gasteiger partial charge in [-0.1, -0.05) is 12.1 Å². The molecule has 2 rings (SSSR count). The first kappa shape index (κ1) is 9.61. The van der Waals surface area contributed by atoms with E-state index in [1.54, 1.807) is 11.3 Å². The van der Waals surface area contributed by atoms with Gasteiger partial charge in [0.25, 0.3) is 0 Å². The maximum atomic E-state index is 6.91. The van der Waals surface area contributed by atoms with E-state index in [0.717, 1.165) is 4.70 Å². The Morgan fingerprint density at radius 3 is 3.00 bits per heavy atom. The van der Waals surface area contributed by atoms with Crippen molar-refractivity contribution < 1.29 is 4.52 Å². The lowest BCUT2D eigenvalue weighted by molar-refractivity contribution is 0.366. The van der Waals surface area contributed by atoms with Crippen LogP contribution in [-0.4, -0.2) is 0 Å². The Kier molecular flexibility index (Phi) is 2.79. The van der Waals surface area contributed by atoms with Crippen molar-refractivity contribution in [1.29, 1.82) is 0 Å². The standard InChI is InChI=1S/C10H8NOPS/c1-11-8-3-2-7-4-9(6-12-13)14-10(7)5-8/h2-5H,6,13H2. The molecule has 0 aliphatic rings. The fraction of sp³-hybridized carbons (Fsp3) is 0.100.